The van der Waals surface area contributed by atoms with E-state index in [9.17, 15) is 4.79 Å². The lowest BCUT2D eigenvalue weighted by Gasteiger charge is -2.21. The lowest BCUT2D eigenvalue weighted by atomic mass is 10.1. The van der Waals surface area contributed by atoms with Gasteiger partial charge in [-0.1, -0.05) is 0 Å². The van der Waals surface area contributed by atoms with Crippen LogP contribution in [0.15, 0.2) is 27.8 Å². The van der Waals surface area contributed by atoms with Crippen LogP contribution in [0.2, 0.25) is 0 Å². The minimum absolute atomic E-state index is 0. The molecule has 8 nitrogen and oxygen atoms in total. The van der Waals surface area contributed by atoms with Gasteiger partial charge in [0, 0.05) is 32.7 Å². The molecule has 1 aliphatic heterocycles. The van der Waals surface area contributed by atoms with Gasteiger partial charge in [0.25, 0.3) is 0 Å². The van der Waals surface area contributed by atoms with Crippen LogP contribution in [0.3, 0.4) is 0 Å². The van der Waals surface area contributed by atoms with E-state index in [1.165, 1.54) is 6.42 Å². The lowest BCUT2D eigenvalue weighted by Crippen LogP contribution is -2.41. The number of aliphatic imine (C=N–C) groups is 1. The highest BCUT2D eigenvalue weighted by Gasteiger charge is 2.15. The highest BCUT2D eigenvalue weighted by atomic mass is 127. The summed E-state index contributed by atoms with van der Waals surface area (Å²) in [5.41, 5.74) is -0.485. The molecular formula is C21H37IN4O4. The zero-order valence-corrected chi connectivity index (χ0v) is 20.7. The van der Waals surface area contributed by atoms with Crippen molar-refractivity contribution in [2.75, 3.05) is 32.8 Å². The SMILES string of the molecule is CC(C)(C)OC(=O)NCCCNC(=NCC1CCCCO1)NCCc1ccco1.I. The van der Waals surface area contributed by atoms with Crippen molar-refractivity contribution in [3.05, 3.63) is 24.2 Å². The van der Waals surface area contributed by atoms with E-state index in [4.69, 9.17) is 13.9 Å². The van der Waals surface area contributed by atoms with E-state index in [2.05, 4.69) is 20.9 Å². The number of amides is 1. The smallest absolute Gasteiger partial charge is 0.407 e. The maximum absolute atomic E-state index is 11.7. The second-order valence-electron chi connectivity index (χ2n) is 8.14. The topological polar surface area (TPSA) is 97.1 Å². The van der Waals surface area contributed by atoms with Gasteiger partial charge < -0.3 is 29.8 Å². The van der Waals surface area contributed by atoms with E-state index < -0.39 is 11.7 Å². The van der Waals surface area contributed by atoms with Crippen LogP contribution >= 0.6 is 24.0 Å². The molecule has 0 aromatic carbocycles. The zero-order valence-electron chi connectivity index (χ0n) is 18.4. The summed E-state index contributed by atoms with van der Waals surface area (Å²) in [5, 5.41) is 9.43. The maximum atomic E-state index is 11.7. The number of hydrogen-bond donors (Lipinski definition) is 3. The van der Waals surface area contributed by atoms with Crippen LogP contribution < -0.4 is 16.0 Å². The number of carbonyl (C=O) groups excluding carboxylic acids is 1. The number of ether oxygens (including phenoxy) is 2. The van der Waals surface area contributed by atoms with E-state index in [0.29, 0.717) is 19.6 Å². The highest BCUT2D eigenvalue weighted by Crippen LogP contribution is 2.12. The Labute approximate surface area is 197 Å². The fourth-order valence-electron chi connectivity index (χ4n) is 2.88. The quantitative estimate of drug-likeness (QED) is 0.194. The molecule has 0 bridgehead atoms. The minimum Gasteiger partial charge on any atom is -0.469 e. The Bertz CT molecular complexity index is 611. The number of furan rings is 1. The second kappa shape index (κ2) is 14.5. The largest absolute Gasteiger partial charge is 0.469 e. The molecule has 2 rings (SSSR count). The molecule has 30 heavy (non-hydrogen) atoms. The van der Waals surface area contributed by atoms with Crippen LogP contribution in [-0.4, -0.2) is 56.5 Å². The first-order chi connectivity index (χ1) is 13.9. The van der Waals surface area contributed by atoms with E-state index >= 15 is 0 Å². The van der Waals surface area contributed by atoms with Crippen molar-refractivity contribution in [3.63, 3.8) is 0 Å². The molecule has 9 heteroatoms. The number of hydrogen-bond acceptors (Lipinski definition) is 5. The van der Waals surface area contributed by atoms with Crippen LogP contribution in [0.25, 0.3) is 0 Å². The number of halogens is 1. The second-order valence-corrected chi connectivity index (χ2v) is 8.14. The summed E-state index contributed by atoms with van der Waals surface area (Å²) in [6.45, 7) is 8.96. The van der Waals surface area contributed by atoms with Gasteiger partial charge in [-0.05, 0) is 58.6 Å². The Hall–Kier alpha value is -1.49. The van der Waals surface area contributed by atoms with Crippen molar-refractivity contribution < 1.29 is 18.7 Å². The molecule has 0 saturated carbocycles. The lowest BCUT2D eigenvalue weighted by molar-refractivity contribution is 0.0224. The molecule has 1 aromatic rings. The molecule has 1 aliphatic rings. The number of alkyl carbamates (subject to hydrolysis) is 1. The van der Waals surface area contributed by atoms with Gasteiger partial charge in [-0.25, -0.2) is 4.79 Å². The molecule has 1 fully saturated rings. The van der Waals surface area contributed by atoms with Gasteiger partial charge in [-0.15, -0.1) is 24.0 Å². The number of guanidine groups is 1. The standard InChI is InChI=1S/C21H36N4O4.HI/c1-21(2,3)29-20(26)24-12-7-11-22-19(23-13-10-17-9-6-15-27-17)25-16-18-8-4-5-14-28-18;/h6,9,15,18H,4-5,7-8,10-14,16H2,1-3H3,(H,24,26)(H2,22,23,25);1H. The molecule has 3 N–H and O–H groups in total. The molecule has 1 aromatic heterocycles. The number of carbonyl (C=O) groups is 1. The van der Waals surface area contributed by atoms with E-state index in [0.717, 1.165) is 50.6 Å². The molecule has 0 radical (unpaired) electrons. The van der Waals surface area contributed by atoms with Gasteiger partial charge in [-0.3, -0.25) is 4.99 Å². The van der Waals surface area contributed by atoms with Gasteiger partial charge in [0.1, 0.15) is 11.4 Å². The van der Waals surface area contributed by atoms with Crippen LogP contribution in [0.5, 0.6) is 0 Å². The van der Waals surface area contributed by atoms with Gasteiger partial charge >= 0.3 is 6.09 Å². The average Bonchev–Trinajstić information content (AvgIpc) is 3.18. The summed E-state index contributed by atoms with van der Waals surface area (Å²) in [5.74, 6) is 1.69. The molecule has 0 spiro atoms. The molecule has 1 unspecified atom stereocenters. The van der Waals surface area contributed by atoms with Crippen LogP contribution in [-0.2, 0) is 15.9 Å². The fraction of sp³-hybridized carbons (Fsp3) is 0.714. The van der Waals surface area contributed by atoms with Gasteiger partial charge in [-0.2, -0.15) is 0 Å². The third-order valence-corrected chi connectivity index (χ3v) is 4.29. The summed E-state index contributed by atoms with van der Waals surface area (Å²) < 4.78 is 16.4. The molecular weight excluding hydrogens is 499 g/mol. The zero-order chi connectivity index (χ0) is 21.0. The normalized spacial score (nSPS) is 17.0. The minimum atomic E-state index is -0.485. The summed E-state index contributed by atoms with van der Waals surface area (Å²) in [7, 11) is 0. The first-order valence-corrected chi connectivity index (χ1v) is 10.6. The average molecular weight is 536 g/mol. The van der Waals surface area contributed by atoms with Crippen LogP contribution in [0.4, 0.5) is 4.79 Å². The Kier molecular flexibility index (Phi) is 12.8. The molecule has 0 aliphatic carbocycles. The van der Waals surface area contributed by atoms with Gasteiger partial charge in [0.15, 0.2) is 5.96 Å². The third-order valence-electron chi connectivity index (χ3n) is 4.29. The molecule has 2 heterocycles. The molecule has 1 atom stereocenters. The summed E-state index contributed by atoms with van der Waals surface area (Å²) in [4.78, 5) is 16.3. The van der Waals surface area contributed by atoms with Crippen LogP contribution in [0, 0.1) is 0 Å². The monoisotopic (exact) mass is 536 g/mol. The van der Waals surface area contributed by atoms with Crippen LogP contribution in [0.1, 0.15) is 52.2 Å². The number of nitrogens with zero attached hydrogens (tertiary/aromatic N) is 1. The molecule has 1 saturated heterocycles. The summed E-state index contributed by atoms with van der Waals surface area (Å²) in [6.07, 6.45) is 6.43. The highest BCUT2D eigenvalue weighted by molar-refractivity contribution is 14.0. The van der Waals surface area contributed by atoms with E-state index in [1.807, 2.05) is 32.9 Å². The molecule has 1 amide bonds. The number of nitrogens with one attached hydrogen (secondary N) is 3. The Morgan fingerprint density at radius 2 is 1.97 bits per heavy atom. The van der Waals surface area contributed by atoms with E-state index in [1.54, 1.807) is 6.26 Å². The predicted octanol–water partition coefficient (Wildman–Crippen LogP) is 3.46. The maximum Gasteiger partial charge on any atom is 0.407 e. The van der Waals surface area contributed by atoms with Crippen molar-refractivity contribution in [3.8, 4) is 0 Å². The Morgan fingerprint density at radius 1 is 1.20 bits per heavy atom. The van der Waals surface area contributed by atoms with Crippen molar-refractivity contribution in [2.45, 2.75) is 64.6 Å². The first kappa shape index (κ1) is 26.5. The molecule has 172 valence electrons. The van der Waals surface area contributed by atoms with Gasteiger partial charge in [0.05, 0.1) is 18.9 Å². The fourth-order valence-corrected chi connectivity index (χ4v) is 2.88. The number of rotatable bonds is 9. The summed E-state index contributed by atoms with van der Waals surface area (Å²) >= 11 is 0. The van der Waals surface area contributed by atoms with E-state index in [-0.39, 0.29) is 30.1 Å². The van der Waals surface area contributed by atoms with Crippen molar-refractivity contribution >= 4 is 36.0 Å². The van der Waals surface area contributed by atoms with Gasteiger partial charge in [0.2, 0.25) is 0 Å². The van der Waals surface area contributed by atoms with Crippen molar-refractivity contribution in [1.29, 1.82) is 0 Å². The third kappa shape index (κ3) is 12.3. The predicted molar refractivity (Wildman–Crippen MR) is 129 cm³/mol. The van der Waals surface area contributed by atoms with Crippen molar-refractivity contribution in [1.82, 2.24) is 16.0 Å². The summed E-state index contributed by atoms with van der Waals surface area (Å²) in [6, 6.07) is 3.85. The first-order valence-electron chi connectivity index (χ1n) is 10.6. The Morgan fingerprint density at radius 3 is 2.63 bits per heavy atom. The van der Waals surface area contributed by atoms with Crippen molar-refractivity contribution in [2.24, 2.45) is 4.99 Å². The Balaban J connectivity index is 0.00000450.